The highest BCUT2D eigenvalue weighted by atomic mass is 19.1. The summed E-state index contributed by atoms with van der Waals surface area (Å²) < 4.78 is 18.4. The van der Waals surface area contributed by atoms with Crippen molar-refractivity contribution in [3.63, 3.8) is 0 Å². The zero-order chi connectivity index (χ0) is 11.8. The van der Waals surface area contributed by atoms with E-state index < -0.39 is 0 Å². The molecule has 0 radical (unpaired) electrons. The molecule has 0 spiro atoms. The van der Waals surface area contributed by atoms with Crippen LogP contribution in [0.1, 0.15) is 20.3 Å². The molecule has 0 bridgehead atoms. The van der Waals surface area contributed by atoms with Crippen LogP contribution in [0.4, 0.5) is 15.8 Å². The number of anilines is 2. The average Bonchev–Trinajstić information content (AvgIpc) is 2.52. The Balaban J connectivity index is 2.20. The fraction of sp³-hybridized carbons (Fsp3) is 0.500. The van der Waals surface area contributed by atoms with Crippen molar-refractivity contribution in [2.75, 3.05) is 17.7 Å². The summed E-state index contributed by atoms with van der Waals surface area (Å²) in [5, 5.41) is 3.35. The largest absolute Gasteiger partial charge is 0.397 e. The molecule has 0 aromatic heterocycles. The molecule has 1 aliphatic heterocycles. The van der Waals surface area contributed by atoms with E-state index in [2.05, 4.69) is 12.2 Å². The van der Waals surface area contributed by atoms with Gasteiger partial charge in [0.15, 0.2) is 0 Å². The van der Waals surface area contributed by atoms with Gasteiger partial charge in [0.25, 0.3) is 0 Å². The topological polar surface area (TPSA) is 47.3 Å². The van der Waals surface area contributed by atoms with Gasteiger partial charge >= 0.3 is 0 Å². The van der Waals surface area contributed by atoms with Crippen LogP contribution in [0.5, 0.6) is 0 Å². The maximum Gasteiger partial charge on any atom is 0.125 e. The quantitative estimate of drug-likeness (QED) is 0.758. The molecule has 3 nitrogen and oxygen atoms in total. The van der Waals surface area contributed by atoms with Gasteiger partial charge in [-0.15, -0.1) is 0 Å². The molecule has 1 heterocycles. The van der Waals surface area contributed by atoms with E-state index in [-0.39, 0.29) is 17.5 Å². The normalized spacial score (nSPS) is 29.3. The molecule has 1 aromatic rings. The van der Waals surface area contributed by atoms with Crippen LogP contribution in [0.15, 0.2) is 18.2 Å². The van der Waals surface area contributed by atoms with E-state index in [0.29, 0.717) is 5.69 Å². The first-order valence-corrected chi connectivity index (χ1v) is 5.46. The van der Waals surface area contributed by atoms with E-state index in [4.69, 9.17) is 10.5 Å². The first kappa shape index (κ1) is 11.2. The molecule has 1 aromatic carbocycles. The van der Waals surface area contributed by atoms with Crippen LogP contribution in [0, 0.1) is 5.82 Å². The predicted octanol–water partition coefficient (Wildman–Crippen LogP) is 2.39. The number of benzene rings is 1. The highest BCUT2D eigenvalue weighted by Gasteiger charge is 2.37. The van der Waals surface area contributed by atoms with Gasteiger partial charge in [0.1, 0.15) is 5.82 Å². The van der Waals surface area contributed by atoms with E-state index >= 15 is 0 Å². The van der Waals surface area contributed by atoms with Gasteiger partial charge in [0, 0.05) is 6.61 Å². The maximum absolute atomic E-state index is 12.9. The second-order valence-electron chi connectivity index (χ2n) is 4.54. The Bertz CT molecular complexity index is 397. The van der Waals surface area contributed by atoms with Crippen molar-refractivity contribution < 1.29 is 9.13 Å². The molecule has 2 atom stereocenters. The fourth-order valence-corrected chi connectivity index (χ4v) is 1.95. The van der Waals surface area contributed by atoms with Gasteiger partial charge in [-0.05, 0) is 38.5 Å². The monoisotopic (exact) mass is 224 g/mol. The van der Waals surface area contributed by atoms with E-state index in [9.17, 15) is 4.39 Å². The lowest BCUT2D eigenvalue weighted by molar-refractivity contribution is 0.105. The summed E-state index contributed by atoms with van der Waals surface area (Å²) in [7, 11) is 0. The van der Waals surface area contributed by atoms with Crippen molar-refractivity contribution in [2.45, 2.75) is 31.9 Å². The van der Waals surface area contributed by atoms with E-state index in [0.717, 1.165) is 18.7 Å². The standard InChI is InChI=1S/C12H17FN2O/c1-8-12(2,5-6-16-8)15-11-4-3-9(13)7-10(11)14/h3-4,7-8,15H,5-6,14H2,1-2H3. The summed E-state index contributed by atoms with van der Waals surface area (Å²) in [5.41, 5.74) is 6.82. The number of rotatable bonds is 2. The van der Waals surface area contributed by atoms with Gasteiger partial charge in [0.2, 0.25) is 0 Å². The summed E-state index contributed by atoms with van der Waals surface area (Å²) in [5.74, 6) is -0.316. The smallest absolute Gasteiger partial charge is 0.125 e. The van der Waals surface area contributed by atoms with Crippen molar-refractivity contribution in [1.29, 1.82) is 0 Å². The Kier molecular flexibility index (Phi) is 2.76. The maximum atomic E-state index is 12.9. The van der Waals surface area contributed by atoms with Crippen LogP contribution in [0.3, 0.4) is 0 Å². The molecule has 1 fully saturated rings. The second-order valence-corrected chi connectivity index (χ2v) is 4.54. The van der Waals surface area contributed by atoms with Crippen LogP contribution in [0.2, 0.25) is 0 Å². The summed E-state index contributed by atoms with van der Waals surface area (Å²) in [4.78, 5) is 0. The van der Waals surface area contributed by atoms with Crippen molar-refractivity contribution in [2.24, 2.45) is 0 Å². The molecule has 1 saturated heterocycles. The minimum atomic E-state index is -0.316. The van der Waals surface area contributed by atoms with E-state index in [1.807, 2.05) is 6.92 Å². The second kappa shape index (κ2) is 3.94. The minimum Gasteiger partial charge on any atom is -0.397 e. The summed E-state index contributed by atoms with van der Waals surface area (Å²) in [6.45, 7) is 4.86. The zero-order valence-electron chi connectivity index (χ0n) is 9.59. The molecule has 1 aliphatic rings. The Labute approximate surface area is 94.8 Å². The molecule has 2 rings (SSSR count). The van der Waals surface area contributed by atoms with Gasteiger partial charge < -0.3 is 15.8 Å². The third-order valence-corrected chi connectivity index (χ3v) is 3.32. The van der Waals surface area contributed by atoms with Crippen LogP contribution < -0.4 is 11.1 Å². The number of hydrogen-bond donors (Lipinski definition) is 2. The molecular weight excluding hydrogens is 207 g/mol. The summed E-state index contributed by atoms with van der Waals surface area (Å²) in [6.07, 6.45) is 1.04. The van der Waals surface area contributed by atoms with Crippen LogP contribution >= 0.6 is 0 Å². The summed E-state index contributed by atoms with van der Waals surface area (Å²) in [6, 6.07) is 4.40. The molecule has 4 heteroatoms. The van der Waals surface area contributed by atoms with E-state index in [1.54, 1.807) is 6.07 Å². The van der Waals surface area contributed by atoms with Crippen molar-refractivity contribution in [3.8, 4) is 0 Å². The number of halogens is 1. The molecule has 88 valence electrons. The molecule has 2 unspecified atom stereocenters. The van der Waals surface area contributed by atoms with Crippen LogP contribution in [-0.2, 0) is 4.74 Å². The highest BCUT2D eigenvalue weighted by Crippen LogP contribution is 2.31. The molecule has 3 N–H and O–H groups in total. The Hall–Kier alpha value is -1.29. The molecule has 0 saturated carbocycles. The number of ether oxygens (including phenoxy) is 1. The third kappa shape index (κ3) is 1.97. The Morgan fingerprint density at radius 2 is 2.31 bits per heavy atom. The molecular formula is C12H17FN2O. The molecule has 0 amide bonds. The lowest BCUT2D eigenvalue weighted by Crippen LogP contribution is -2.41. The van der Waals surface area contributed by atoms with Gasteiger partial charge in [0.05, 0.1) is 23.0 Å². The predicted molar refractivity (Wildman–Crippen MR) is 62.9 cm³/mol. The highest BCUT2D eigenvalue weighted by molar-refractivity contribution is 5.67. The Morgan fingerprint density at radius 1 is 1.56 bits per heavy atom. The first-order valence-electron chi connectivity index (χ1n) is 5.46. The average molecular weight is 224 g/mol. The van der Waals surface area contributed by atoms with Gasteiger partial charge in [-0.25, -0.2) is 4.39 Å². The number of nitrogens with one attached hydrogen (secondary N) is 1. The number of nitrogen functional groups attached to an aromatic ring is 1. The minimum absolute atomic E-state index is 0.122. The van der Waals surface area contributed by atoms with Crippen LogP contribution in [0.25, 0.3) is 0 Å². The van der Waals surface area contributed by atoms with Crippen molar-refractivity contribution >= 4 is 11.4 Å². The SMILES string of the molecule is CC1OCCC1(C)Nc1ccc(F)cc1N. The lowest BCUT2D eigenvalue weighted by Gasteiger charge is -2.30. The molecule has 16 heavy (non-hydrogen) atoms. The van der Waals surface area contributed by atoms with Crippen LogP contribution in [-0.4, -0.2) is 18.2 Å². The van der Waals surface area contributed by atoms with E-state index in [1.165, 1.54) is 12.1 Å². The fourth-order valence-electron chi connectivity index (χ4n) is 1.95. The number of nitrogens with two attached hydrogens (primary N) is 1. The third-order valence-electron chi connectivity index (χ3n) is 3.32. The first-order chi connectivity index (χ1) is 7.51. The van der Waals surface area contributed by atoms with Crippen molar-refractivity contribution in [3.05, 3.63) is 24.0 Å². The lowest BCUT2D eigenvalue weighted by atomic mass is 9.94. The van der Waals surface area contributed by atoms with Gasteiger partial charge in [-0.1, -0.05) is 0 Å². The van der Waals surface area contributed by atoms with Gasteiger partial charge in [-0.3, -0.25) is 0 Å². The summed E-state index contributed by atoms with van der Waals surface area (Å²) >= 11 is 0. The van der Waals surface area contributed by atoms with Gasteiger partial charge in [-0.2, -0.15) is 0 Å². The number of hydrogen-bond acceptors (Lipinski definition) is 3. The Morgan fingerprint density at radius 3 is 2.88 bits per heavy atom. The van der Waals surface area contributed by atoms with Crippen molar-refractivity contribution in [1.82, 2.24) is 0 Å². The zero-order valence-corrected chi connectivity index (χ0v) is 9.59. The molecule has 0 aliphatic carbocycles.